The van der Waals surface area contributed by atoms with Crippen LogP contribution in [0.25, 0.3) is 0 Å². The van der Waals surface area contributed by atoms with Crippen LogP contribution >= 0.6 is 7.26 Å². The molecule has 1 aliphatic rings. The van der Waals surface area contributed by atoms with Gasteiger partial charge < -0.3 is 5.32 Å². The van der Waals surface area contributed by atoms with Crippen LogP contribution in [0.4, 0.5) is 5.69 Å². The molecule has 1 N–H and O–H groups in total. The summed E-state index contributed by atoms with van der Waals surface area (Å²) < 4.78 is 0. The lowest BCUT2D eigenvalue weighted by atomic mass is 10.1. The normalized spacial score (nSPS) is 15.5. The fourth-order valence-electron chi connectivity index (χ4n) is 3.84. The molecule has 1 aliphatic heterocycles. The van der Waals surface area contributed by atoms with E-state index in [1.807, 2.05) is 32.0 Å². The zero-order valence-electron chi connectivity index (χ0n) is 16.5. The number of rotatable bonds is 5. The molecule has 0 aliphatic carbocycles. The fraction of sp³-hybridized carbons (Fsp3) is 0.435. The Hall–Kier alpha value is -1.66. The van der Waals surface area contributed by atoms with Crippen molar-refractivity contribution in [2.75, 3.05) is 23.8 Å². The smallest absolute Gasteiger partial charge is 0.211 e. The first-order chi connectivity index (χ1) is 12.6. The SMILES string of the molecule is CC[P+]1(Cc2ccccc2)CCCCC1.Cc1cccc(C)c1NC=O. The third-order valence-corrected chi connectivity index (χ3v) is 10.4. The van der Waals surface area contributed by atoms with E-state index in [0.29, 0.717) is 6.41 Å². The Balaban J connectivity index is 0.000000197. The molecule has 2 nitrogen and oxygen atoms in total. The molecule has 3 heteroatoms. The second-order valence-electron chi connectivity index (χ2n) is 7.34. The minimum absolute atomic E-state index is 0.593. The van der Waals surface area contributed by atoms with Gasteiger partial charge in [0, 0.05) is 12.9 Å². The third kappa shape index (κ3) is 5.95. The summed E-state index contributed by atoms with van der Waals surface area (Å²) >= 11 is 0. The van der Waals surface area contributed by atoms with Crippen LogP contribution in [0.5, 0.6) is 0 Å². The van der Waals surface area contributed by atoms with E-state index in [1.165, 1.54) is 31.6 Å². The zero-order chi connectivity index (χ0) is 18.8. The van der Waals surface area contributed by atoms with Crippen molar-refractivity contribution in [1.29, 1.82) is 0 Å². The predicted octanol–water partition coefficient (Wildman–Crippen LogP) is 6.28. The molecule has 0 radical (unpaired) electrons. The molecular formula is C23H33NOP+. The number of hydrogen-bond donors (Lipinski definition) is 1. The van der Waals surface area contributed by atoms with Crippen molar-refractivity contribution < 1.29 is 4.79 Å². The van der Waals surface area contributed by atoms with Gasteiger partial charge in [-0.15, -0.1) is 0 Å². The second kappa shape index (κ2) is 10.5. The highest BCUT2D eigenvalue weighted by atomic mass is 31.2. The van der Waals surface area contributed by atoms with Crippen LogP contribution in [-0.2, 0) is 11.0 Å². The van der Waals surface area contributed by atoms with Crippen molar-refractivity contribution in [2.45, 2.75) is 46.2 Å². The minimum Gasteiger partial charge on any atom is -0.328 e. The van der Waals surface area contributed by atoms with Gasteiger partial charge in [-0.2, -0.15) is 0 Å². The quantitative estimate of drug-likeness (QED) is 0.487. The van der Waals surface area contributed by atoms with Crippen LogP contribution in [0.3, 0.4) is 0 Å². The molecule has 0 spiro atoms. The second-order valence-corrected chi connectivity index (χ2v) is 11.9. The van der Waals surface area contributed by atoms with Gasteiger partial charge in [0.05, 0.1) is 24.6 Å². The number of aryl methyl sites for hydroxylation is 2. The van der Waals surface area contributed by atoms with Gasteiger partial charge in [0.25, 0.3) is 0 Å². The molecule has 140 valence electrons. The summed E-state index contributed by atoms with van der Waals surface area (Å²) in [7, 11) is -0.593. The van der Waals surface area contributed by atoms with Crippen LogP contribution in [0.2, 0.25) is 0 Å². The Bertz CT molecular complexity index is 658. The molecule has 1 fully saturated rings. The molecule has 26 heavy (non-hydrogen) atoms. The van der Waals surface area contributed by atoms with Crippen LogP contribution in [-0.4, -0.2) is 24.9 Å². The molecule has 3 rings (SSSR count). The van der Waals surface area contributed by atoms with Crippen LogP contribution in [0.1, 0.15) is 42.9 Å². The van der Waals surface area contributed by atoms with E-state index in [-0.39, 0.29) is 0 Å². The van der Waals surface area contributed by atoms with Crippen molar-refractivity contribution in [1.82, 2.24) is 0 Å². The summed E-state index contributed by atoms with van der Waals surface area (Å²) in [5.41, 5.74) is 4.69. The average Bonchev–Trinajstić information content (AvgIpc) is 2.67. The highest BCUT2D eigenvalue weighted by molar-refractivity contribution is 7.75. The molecule has 2 aromatic carbocycles. The van der Waals surface area contributed by atoms with E-state index in [0.717, 1.165) is 16.8 Å². The van der Waals surface area contributed by atoms with Crippen molar-refractivity contribution in [3.8, 4) is 0 Å². The minimum atomic E-state index is -0.593. The highest BCUT2D eigenvalue weighted by Gasteiger charge is 2.36. The number of para-hydroxylation sites is 1. The molecule has 0 unspecified atom stereocenters. The van der Waals surface area contributed by atoms with E-state index in [1.54, 1.807) is 17.9 Å². The van der Waals surface area contributed by atoms with Crippen LogP contribution in [0.15, 0.2) is 48.5 Å². The molecule has 1 amide bonds. The molecule has 2 aromatic rings. The van der Waals surface area contributed by atoms with Crippen molar-refractivity contribution in [2.24, 2.45) is 0 Å². The van der Waals surface area contributed by atoms with E-state index >= 15 is 0 Å². The Morgan fingerprint density at radius 3 is 2.08 bits per heavy atom. The summed E-state index contributed by atoms with van der Waals surface area (Å²) in [5.74, 6) is 0. The molecule has 0 saturated carbocycles. The lowest BCUT2D eigenvalue weighted by molar-refractivity contribution is -0.105. The zero-order valence-corrected chi connectivity index (χ0v) is 17.4. The van der Waals surface area contributed by atoms with Gasteiger partial charge >= 0.3 is 0 Å². The first kappa shape index (κ1) is 20.6. The summed E-state index contributed by atoms with van der Waals surface area (Å²) in [6, 6.07) is 17.0. The standard InChI is InChI=1S/C14H22P.C9H11NO/c1-2-15(11-7-4-8-12-15)13-14-9-5-3-6-10-14;1-7-4-3-5-8(2)9(7)10-6-11/h3,5-6,9-10H,2,4,7-8,11-13H2,1H3;3-6H,1-2H3,(H,10,11)/q+1;. The Morgan fingerprint density at radius 1 is 0.923 bits per heavy atom. The lowest BCUT2D eigenvalue weighted by Gasteiger charge is -2.30. The summed E-state index contributed by atoms with van der Waals surface area (Å²) in [6.45, 7) is 6.36. The van der Waals surface area contributed by atoms with Crippen molar-refractivity contribution in [3.05, 3.63) is 65.2 Å². The molecule has 1 saturated heterocycles. The molecule has 0 bridgehead atoms. The monoisotopic (exact) mass is 370 g/mol. The van der Waals surface area contributed by atoms with Gasteiger partial charge in [-0.25, -0.2) is 0 Å². The van der Waals surface area contributed by atoms with Gasteiger partial charge in [-0.3, -0.25) is 4.79 Å². The average molecular weight is 370 g/mol. The molecule has 1 heterocycles. The molecule has 0 atom stereocenters. The Kier molecular flexibility index (Phi) is 8.32. The molecular weight excluding hydrogens is 337 g/mol. The van der Waals surface area contributed by atoms with E-state index in [2.05, 4.69) is 42.6 Å². The number of carbonyl (C=O) groups is 1. The number of amides is 1. The van der Waals surface area contributed by atoms with Gasteiger partial charge in [-0.05, 0) is 56.7 Å². The maximum atomic E-state index is 10.2. The highest BCUT2D eigenvalue weighted by Crippen LogP contribution is 2.64. The summed E-state index contributed by atoms with van der Waals surface area (Å²) in [5, 5.41) is 2.66. The van der Waals surface area contributed by atoms with Crippen molar-refractivity contribution >= 4 is 19.4 Å². The van der Waals surface area contributed by atoms with Crippen LogP contribution < -0.4 is 5.32 Å². The number of nitrogens with one attached hydrogen (secondary N) is 1. The summed E-state index contributed by atoms with van der Waals surface area (Å²) in [6.07, 6.45) is 11.2. The molecule has 0 aromatic heterocycles. The Morgan fingerprint density at radius 2 is 1.54 bits per heavy atom. The van der Waals surface area contributed by atoms with Gasteiger partial charge in [0.1, 0.15) is 0 Å². The Labute approximate surface area is 159 Å². The lowest BCUT2D eigenvalue weighted by Crippen LogP contribution is -2.14. The number of hydrogen-bond acceptors (Lipinski definition) is 1. The third-order valence-electron chi connectivity index (χ3n) is 5.48. The first-order valence-electron chi connectivity index (χ1n) is 9.75. The number of benzene rings is 2. The fourth-order valence-corrected chi connectivity index (χ4v) is 8.01. The maximum absolute atomic E-state index is 10.2. The number of anilines is 1. The largest absolute Gasteiger partial charge is 0.328 e. The van der Waals surface area contributed by atoms with Gasteiger partial charge in [0.15, 0.2) is 0 Å². The van der Waals surface area contributed by atoms with Gasteiger partial charge in [0.2, 0.25) is 6.41 Å². The van der Waals surface area contributed by atoms with Crippen LogP contribution in [0, 0.1) is 13.8 Å². The van der Waals surface area contributed by atoms with E-state index in [9.17, 15) is 4.79 Å². The van der Waals surface area contributed by atoms with Crippen molar-refractivity contribution in [3.63, 3.8) is 0 Å². The van der Waals surface area contributed by atoms with E-state index < -0.39 is 7.26 Å². The summed E-state index contributed by atoms with van der Waals surface area (Å²) in [4.78, 5) is 10.2. The van der Waals surface area contributed by atoms with Gasteiger partial charge in [-0.1, -0.05) is 48.5 Å². The first-order valence-corrected chi connectivity index (χ1v) is 12.3. The maximum Gasteiger partial charge on any atom is 0.211 e. The topological polar surface area (TPSA) is 29.1 Å². The number of carbonyl (C=O) groups excluding carboxylic acids is 1. The predicted molar refractivity (Wildman–Crippen MR) is 117 cm³/mol. The van der Waals surface area contributed by atoms with E-state index in [4.69, 9.17) is 0 Å².